The highest BCUT2D eigenvalue weighted by Gasteiger charge is 2.12. The van der Waals surface area contributed by atoms with Gasteiger partial charge >= 0.3 is 0 Å². The van der Waals surface area contributed by atoms with E-state index in [0.717, 1.165) is 34.6 Å². The second-order valence-corrected chi connectivity index (χ2v) is 5.89. The lowest BCUT2D eigenvalue weighted by Gasteiger charge is -2.01. The molecular weight excluding hydrogens is 292 g/mol. The Morgan fingerprint density at radius 3 is 2.75 bits per heavy atom. The molecule has 2 aromatic heterocycles. The van der Waals surface area contributed by atoms with Crippen LogP contribution in [0.15, 0.2) is 34.4 Å². The summed E-state index contributed by atoms with van der Waals surface area (Å²) in [5, 5.41) is 3.33. The minimum atomic E-state index is -0.0651. The summed E-state index contributed by atoms with van der Waals surface area (Å²) in [6, 6.07) is 7.49. The first-order chi connectivity index (χ1) is 9.69. The summed E-state index contributed by atoms with van der Waals surface area (Å²) in [4.78, 5) is 20.5. The van der Waals surface area contributed by atoms with Gasteiger partial charge in [-0.2, -0.15) is 0 Å². The molecule has 0 radical (unpaired) electrons. The molecule has 0 fully saturated rings. The first-order valence-corrected chi connectivity index (χ1v) is 7.71. The second kappa shape index (κ2) is 5.38. The molecule has 0 aliphatic heterocycles. The second-order valence-electron chi connectivity index (χ2n) is 4.60. The van der Waals surface area contributed by atoms with Gasteiger partial charge in [0.15, 0.2) is 0 Å². The van der Waals surface area contributed by atoms with E-state index in [1.807, 2.05) is 29.6 Å². The number of thiophene rings is 1. The van der Waals surface area contributed by atoms with Crippen LogP contribution in [0.3, 0.4) is 0 Å². The zero-order valence-electron chi connectivity index (χ0n) is 10.9. The van der Waals surface area contributed by atoms with Crippen molar-refractivity contribution in [2.75, 3.05) is 0 Å². The minimum absolute atomic E-state index is 0.0651. The Morgan fingerprint density at radius 2 is 2.05 bits per heavy atom. The van der Waals surface area contributed by atoms with Gasteiger partial charge in [-0.1, -0.05) is 30.7 Å². The van der Waals surface area contributed by atoms with Gasteiger partial charge in [0.2, 0.25) is 0 Å². The third kappa shape index (κ3) is 2.37. The van der Waals surface area contributed by atoms with Crippen molar-refractivity contribution in [3.63, 3.8) is 0 Å². The summed E-state index contributed by atoms with van der Waals surface area (Å²) < 4.78 is 0. The maximum absolute atomic E-state index is 12.3. The molecule has 0 atom stereocenters. The topological polar surface area (TPSA) is 45.8 Å². The lowest BCUT2D eigenvalue weighted by atomic mass is 10.1. The van der Waals surface area contributed by atoms with Crippen LogP contribution in [0.4, 0.5) is 0 Å². The minimum Gasteiger partial charge on any atom is -0.310 e. The fourth-order valence-electron chi connectivity index (χ4n) is 2.19. The van der Waals surface area contributed by atoms with Gasteiger partial charge in [-0.25, -0.2) is 4.98 Å². The molecule has 3 aromatic rings. The molecular formula is C15H13ClN2OS. The van der Waals surface area contributed by atoms with Crippen LogP contribution in [0.5, 0.6) is 0 Å². The van der Waals surface area contributed by atoms with Crippen LogP contribution in [0.1, 0.15) is 19.2 Å². The van der Waals surface area contributed by atoms with Crippen molar-refractivity contribution in [1.29, 1.82) is 0 Å². The number of hydrogen-bond donors (Lipinski definition) is 1. The fourth-order valence-corrected chi connectivity index (χ4v) is 3.28. The average molecular weight is 305 g/mol. The average Bonchev–Trinajstić information content (AvgIpc) is 2.84. The lowest BCUT2D eigenvalue weighted by molar-refractivity contribution is 0.838. The summed E-state index contributed by atoms with van der Waals surface area (Å²) in [5.74, 6) is 0.759. The van der Waals surface area contributed by atoms with Crippen LogP contribution in [0.25, 0.3) is 21.3 Å². The number of benzene rings is 1. The number of aryl methyl sites for hydroxylation is 1. The van der Waals surface area contributed by atoms with Crippen LogP contribution >= 0.6 is 22.9 Å². The maximum Gasteiger partial charge on any atom is 0.260 e. The third-order valence-electron chi connectivity index (χ3n) is 3.14. The van der Waals surface area contributed by atoms with E-state index in [0.29, 0.717) is 10.4 Å². The van der Waals surface area contributed by atoms with Crippen molar-refractivity contribution in [2.24, 2.45) is 0 Å². The number of aromatic amines is 1. The number of hydrogen-bond acceptors (Lipinski definition) is 3. The Labute approximate surface area is 125 Å². The number of aromatic nitrogens is 2. The van der Waals surface area contributed by atoms with Crippen molar-refractivity contribution < 1.29 is 0 Å². The molecule has 5 heteroatoms. The van der Waals surface area contributed by atoms with Gasteiger partial charge in [0.1, 0.15) is 10.7 Å². The molecule has 0 amide bonds. The summed E-state index contributed by atoms with van der Waals surface area (Å²) in [6.45, 7) is 2.07. The van der Waals surface area contributed by atoms with Crippen molar-refractivity contribution in [1.82, 2.24) is 9.97 Å². The van der Waals surface area contributed by atoms with Gasteiger partial charge in [-0.05, 0) is 24.1 Å². The van der Waals surface area contributed by atoms with E-state index in [-0.39, 0.29) is 5.56 Å². The number of nitrogens with one attached hydrogen (secondary N) is 1. The van der Waals surface area contributed by atoms with Gasteiger partial charge in [-0.3, -0.25) is 4.79 Å². The highest BCUT2D eigenvalue weighted by molar-refractivity contribution is 7.17. The van der Waals surface area contributed by atoms with Gasteiger partial charge in [0.05, 0.1) is 5.39 Å². The molecule has 0 saturated heterocycles. The van der Waals surface area contributed by atoms with Gasteiger partial charge in [-0.15, -0.1) is 11.3 Å². The van der Waals surface area contributed by atoms with Crippen molar-refractivity contribution >= 4 is 33.2 Å². The van der Waals surface area contributed by atoms with Crippen LogP contribution in [0.2, 0.25) is 5.02 Å². The van der Waals surface area contributed by atoms with E-state index in [2.05, 4.69) is 16.9 Å². The van der Waals surface area contributed by atoms with Crippen LogP contribution < -0.4 is 5.56 Å². The van der Waals surface area contributed by atoms with Crippen molar-refractivity contribution in [3.8, 4) is 11.1 Å². The number of rotatable bonds is 3. The Bertz CT molecular complexity index is 805. The summed E-state index contributed by atoms with van der Waals surface area (Å²) in [5.41, 5.74) is 1.83. The highest BCUT2D eigenvalue weighted by Crippen LogP contribution is 2.31. The summed E-state index contributed by atoms with van der Waals surface area (Å²) >= 11 is 7.40. The van der Waals surface area contributed by atoms with Gasteiger partial charge in [0, 0.05) is 22.4 Å². The zero-order valence-corrected chi connectivity index (χ0v) is 12.5. The molecule has 0 unspecified atom stereocenters. The molecule has 1 aromatic carbocycles. The first-order valence-electron chi connectivity index (χ1n) is 6.45. The predicted octanol–water partition coefficient (Wildman–Crippen LogP) is 4.26. The van der Waals surface area contributed by atoms with E-state index >= 15 is 0 Å². The molecule has 1 N–H and O–H groups in total. The Hall–Kier alpha value is -1.65. The van der Waals surface area contributed by atoms with Gasteiger partial charge < -0.3 is 4.98 Å². The molecule has 3 rings (SSSR count). The molecule has 0 aliphatic carbocycles. The number of H-pyrrole nitrogens is 1. The van der Waals surface area contributed by atoms with E-state index in [4.69, 9.17) is 11.6 Å². The van der Waals surface area contributed by atoms with Gasteiger partial charge in [0.25, 0.3) is 5.56 Å². The smallest absolute Gasteiger partial charge is 0.260 e. The predicted molar refractivity (Wildman–Crippen MR) is 84.7 cm³/mol. The van der Waals surface area contributed by atoms with E-state index in [9.17, 15) is 4.79 Å². The fraction of sp³-hybridized carbons (Fsp3) is 0.200. The van der Waals surface area contributed by atoms with Crippen LogP contribution in [-0.4, -0.2) is 9.97 Å². The maximum atomic E-state index is 12.3. The molecule has 0 aliphatic rings. The summed E-state index contributed by atoms with van der Waals surface area (Å²) in [7, 11) is 0. The van der Waals surface area contributed by atoms with E-state index < -0.39 is 0 Å². The standard InChI is InChI=1S/C15H13ClN2OS/c1-2-3-12-17-14(19)13-11(8-20-15(13)18-12)9-4-6-10(16)7-5-9/h4-8H,2-3H2,1H3,(H,17,18,19). The highest BCUT2D eigenvalue weighted by atomic mass is 35.5. The molecule has 3 nitrogen and oxygen atoms in total. The molecule has 102 valence electrons. The Kier molecular flexibility index (Phi) is 3.59. The number of halogens is 1. The normalized spacial score (nSPS) is 11.1. The Balaban J connectivity index is 2.18. The van der Waals surface area contributed by atoms with Crippen molar-refractivity contribution in [2.45, 2.75) is 19.8 Å². The zero-order chi connectivity index (χ0) is 14.1. The molecule has 20 heavy (non-hydrogen) atoms. The van der Waals surface area contributed by atoms with Crippen LogP contribution in [0, 0.1) is 0 Å². The Morgan fingerprint density at radius 1 is 1.30 bits per heavy atom. The number of fused-ring (bicyclic) bond motifs is 1. The molecule has 2 heterocycles. The van der Waals surface area contributed by atoms with E-state index in [1.165, 1.54) is 11.3 Å². The quantitative estimate of drug-likeness (QED) is 0.786. The van der Waals surface area contributed by atoms with Crippen LogP contribution in [-0.2, 0) is 6.42 Å². The monoisotopic (exact) mass is 304 g/mol. The molecule has 0 bridgehead atoms. The third-order valence-corrected chi connectivity index (χ3v) is 4.26. The summed E-state index contributed by atoms with van der Waals surface area (Å²) in [6.07, 6.45) is 1.75. The SMILES string of the molecule is CCCc1nc2scc(-c3ccc(Cl)cc3)c2c(=O)[nH]1. The number of nitrogens with zero attached hydrogens (tertiary/aromatic N) is 1. The molecule has 0 saturated carbocycles. The first kappa shape index (κ1) is 13.3. The van der Waals surface area contributed by atoms with Crippen molar-refractivity contribution in [3.05, 3.63) is 50.8 Å². The lowest BCUT2D eigenvalue weighted by Crippen LogP contribution is -2.11. The molecule has 0 spiro atoms. The largest absolute Gasteiger partial charge is 0.310 e. The van der Waals surface area contributed by atoms with E-state index in [1.54, 1.807) is 0 Å².